The van der Waals surface area contributed by atoms with Crippen molar-refractivity contribution in [3.05, 3.63) is 90.6 Å². The fourth-order valence-electron chi connectivity index (χ4n) is 3.17. The molecule has 4 aromatic rings. The first kappa shape index (κ1) is 22.1. The maximum atomic E-state index is 13.1. The normalized spacial score (nSPS) is 11.2. The highest BCUT2D eigenvalue weighted by molar-refractivity contribution is 7.93. The molecule has 0 fully saturated rings. The van der Waals surface area contributed by atoms with Crippen LogP contribution < -0.4 is 14.2 Å². The number of carbonyl (C=O) groups is 1. The van der Waals surface area contributed by atoms with Gasteiger partial charge in [0, 0.05) is 11.6 Å². The highest BCUT2D eigenvalue weighted by atomic mass is 32.2. The molecule has 0 saturated carbocycles. The minimum Gasteiger partial charge on any atom is -0.490 e. The standard InChI is InChI=1S/C24H20N2O6S/c27-24(28)18-10-12-19(13-11-18)31-15-16-32-21-8-2-1-7-20(21)26-33(29,30)22-9-3-5-17-6-4-14-25-23(17)22/h1-14,26H,15-16H2,(H,27,28). The Morgan fingerprint density at radius 2 is 1.61 bits per heavy atom. The molecule has 0 aliphatic rings. The zero-order valence-electron chi connectivity index (χ0n) is 17.3. The summed E-state index contributed by atoms with van der Waals surface area (Å²) < 4.78 is 40.0. The lowest BCUT2D eigenvalue weighted by molar-refractivity contribution is 0.0697. The van der Waals surface area contributed by atoms with Crippen molar-refractivity contribution in [2.75, 3.05) is 17.9 Å². The monoisotopic (exact) mass is 464 g/mol. The topological polar surface area (TPSA) is 115 Å². The number of carboxylic acid groups (broad SMARTS) is 1. The number of ether oxygens (including phenoxy) is 2. The number of aromatic carboxylic acids is 1. The number of pyridine rings is 1. The van der Waals surface area contributed by atoms with Gasteiger partial charge in [-0.05, 0) is 48.5 Å². The summed E-state index contributed by atoms with van der Waals surface area (Å²) in [4.78, 5) is 15.2. The zero-order valence-corrected chi connectivity index (χ0v) is 18.2. The molecule has 0 atom stereocenters. The number of carboxylic acids is 1. The molecule has 2 N–H and O–H groups in total. The van der Waals surface area contributed by atoms with Crippen molar-refractivity contribution in [3.63, 3.8) is 0 Å². The summed E-state index contributed by atoms with van der Waals surface area (Å²) in [6, 6.07) is 21.2. The number of anilines is 1. The molecule has 0 aliphatic heterocycles. The minimum atomic E-state index is -3.92. The fourth-order valence-corrected chi connectivity index (χ4v) is 4.43. The smallest absolute Gasteiger partial charge is 0.335 e. The SMILES string of the molecule is O=C(O)c1ccc(OCCOc2ccccc2NS(=O)(=O)c2cccc3cccnc23)cc1. The van der Waals surface area contributed by atoms with Crippen LogP contribution in [0.1, 0.15) is 10.4 Å². The van der Waals surface area contributed by atoms with Gasteiger partial charge >= 0.3 is 5.97 Å². The maximum absolute atomic E-state index is 13.1. The van der Waals surface area contributed by atoms with Crippen LogP contribution in [0.5, 0.6) is 11.5 Å². The largest absolute Gasteiger partial charge is 0.490 e. The van der Waals surface area contributed by atoms with Gasteiger partial charge in [-0.2, -0.15) is 0 Å². The van der Waals surface area contributed by atoms with Crippen LogP contribution in [0.25, 0.3) is 10.9 Å². The highest BCUT2D eigenvalue weighted by Gasteiger charge is 2.20. The van der Waals surface area contributed by atoms with Gasteiger partial charge in [-0.1, -0.05) is 30.3 Å². The number of nitrogens with zero attached hydrogens (tertiary/aromatic N) is 1. The van der Waals surface area contributed by atoms with E-state index >= 15 is 0 Å². The number of nitrogens with one attached hydrogen (secondary N) is 1. The van der Waals surface area contributed by atoms with Crippen LogP contribution in [0.15, 0.2) is 90.0 Å². The van der Waals surface area contributed by atoms with Crippen molar-refractivity contribution in [1.82, 2.24) is 4.98 Å². The van der Waals surface area contributed by atoms with E-state index in [4.69, 9.17) is 14.6 Å². The van der Waals surface area contributed by atoms with Gasteiger partial charge in [-0.25, -0.2) is 13.2 Å². The third-order valence-corrected chi connectivity index (χ3v) is 6.12. The quantitative estimate of drug-likeness (QED) is 0.357. The molecule has 0 saturated heterocycles. The average molecular weight is 464 g/mol. The molecule has 3 aromatic carbocycles. The van der Waals surface area contributed by atoms with Crippen molar-refractivity contribution < 1.29 is 27.8 Å². The van der Waals surface area contributed by atoms with Crippen molar-refractivity contribution in [2.24, 2.45) is 0 Å². The van der Waals surface area contributed by atoms with E-state index in [-0.39, 0.29) is 29.4 Å². The number of fused-ring (bicyclic) bond motifs is 1. The van der Waals surface area contributed by atoms with Crippen molar-refractivity contribution >= 4 is 32.6 Å². The van der Waals surface area contributed by atoms with E-state index in [1.165, 1.54) is 18.2 Å². The van der Waals surface area contributed by atoms with Crippen LogP contribution in [-0.2, 0) is 10.0 Å². The molecule has 0 amide bonds. The van der Waals surface area contributed by atoms with E-state index in [9.17, 15) is 13.2 Å². The van der Waals surface area contributed by atoms with Crippen LogP contribution >= 0.6 is 0 Å². The predicted octanol–water partition coefficient (Wildman–Crippen LogP) is 4.19. The summed E-state index contributed by atoms with van der Waals surface area (Å²) in [5.74, 6) is -0.164. The lowest BCUT2D eigenvalue weighted by Crippen LogP contribution is -2.15. The minimum absolute atomic E-state index is 0.0727. The predicted molar refractivity (Wildman–Crippen MR) is 123 cm³/mol. The second-order valence-electron chi connectivity index (χ2n) is 6.96. The van der Waals surface area contributed by atoms with E-state index in [1.807, 2.05) is 0 Å². The van der Waals surface area contributed by atoms with Crippen LogP contribution in [0.4, 0.5) is 5.69 Å². The van der Waals surface area contributed by atoms with Crippen molar-refractivity contribution in [2.45, 2.75) is 4.90 Å². The van der Waals surface area contributed by atoms with E-state index in [0.717, 1.165) is 5.39 Å². The van der Waals surface area contributed by atoms with Gasteiger partial charge in [0.1, 0.15) is 29.6 Å². The number of sulfonamides is 1. The van der Waals surface area contributed by atoms with Gasteiger partial charge in [0.2, 0.25) is 0 Å². The van der Waals surface area contributed by atoms with Gasteiger partial charge in [-0.3, -0.25) is 9.71 Å². The Bertz CT molecular complexity index is 1380. The molecule has 33 heavy (non-hydrogen) atoms. The van der Waals surface area contributed by atoms with Crippen LogP contribution in [0, 0.1) is 0 Å². The summed E-state index contributed by atoms with van der Waals surface area (Å²) in [5.41, 5.74) is 0.839. The number of hydrogen-bond donors (Lipinski definition) is 2. The first-order chi connectivity index (χ1) is 15.9. The Morgan fingerprint density at radius 1 is 0.879 bits per heavy atom. The molecular formula is C24H20N2O6S. The van der Waals surface area contributed by atoms with Crippen molar-refractivity contribution in [1.29, 1.82) is 0 Å². The molecule has 0 spiro atoms. The Kier molecular flexibility index (Phi) is 6.41. The molecule has 168 valence electrons. The highest BCUT2D eigenvalue weighted by Crippen LogP contribution is 2.28. The number of hydrogen-bond acceptors (Lipinski definition) is 6. The molecule has 9 heteroatoms. The molecule has 8 nitrogen and oxygen atoms in total. The van der Waals surface area contributed by atoms with E-state index < -0.39 is 16.0 Å². The second-order valence-corrected chi connectivity index (χ2v) is 8.61. The Hall–Kier alpha value is -4.11. The second kappa shape index (κ2) is 9.58. The summed E-state index contributed by atoms with van der Waals surface area (Å²) in [6.07, 6.45) is 1.55. The molecular weight excluding hydrogens is 444 g/mol. The lowest BCUT2D eigenvalue weighted by atomic mass is 10.2. The number of para-hydroxylation sites is 3. The van der Waals surface area contributed by atoms with E-state index in [2.05, 4.69) is 9.71 Å². The van der Waals surface area contributed by atoms with Crippen LogP contribution in [0.3, 0.4) is 0 Å². The Morgan fingerprint density at radius 3 is 2.39 bits per heavy atom. The van der Waals surface area contributed by atoms with E-state index in [0.29, 0.717) is 17.0 Å². The summed E-state index contributed by atoms with van der Waals surface area (Å²) in [6.45, 7) is 0.329. The van der Waals surface area contributed by atoms with Crippen LogP contribution in [0.2, 0.25) is 0 Å². The molecule has 1 aromatic heterocycles. The van der Waals surface area contributed by atoms with Gasteiger partial charge in [0.15, 0.2) is 0 Å². The molecule has 0 radical (unpaired) electrons. The first-order valence-electron chi connectivity index (χ1n) is 9.98. The number of rotatable bonds is 9. The summed E-state index contributed by atoms with van der Waals surface area (Å²) in [7, 11) is -3.92. The zero-order chi connectivity index (χ0) is 23.3. The number of aromatic nitrogens is 1. The summed E-state index contributed by atoms with van der Waals surface area (Å²) in [5, 5.41) is 9.66. The van der Waals surface area contributed by atoms with E-state index in [1.54, 1.807) is 66.9 Å². The first-order valence-corrected chi connectivity index (χ1v) is 11.5. The third-order valence-electron chi connectivity index (χ3n) is 4.73. The molecule has 0 unspecified atom stereocenters. The Labute approximate surface area is 190 Å². The van der Waals surface area contributed by atoms with Gasteiger partial charge in [-0.15, -0.1) is 0 Å². The summed E-state index contributed by atoms with van der Waals surface area (Å²) >= 11 is 0. The Balaban J connectivity index is 1.43. The van der Waals surface area contributed by atoms with Gasteiger partial charge < -0.3 is 14.6 Å². The maximum Gasteiger partial charge on any atom is 0.335 e. The molecule has 0 bridgehead atoms. The molecule has 4 rings (SSSR count). The average Bonchev–Trinajstić information content (AvgIpc) is 2.82. The molecule has 1 heterocycles. The lowest BCUT2D eigenvalue weighted by Gasteiger charge is -2.14. The third kappa shape index (κ3) is 5.21. The number of benzene rings is 3. The van der Waals surface area contributed by atoms with Crippen molar-refractivity contribution in [3.8, 4) is 11.5 Å². The van der Waals surface area contributed by atoms with Crippen LogP contribution in [-0.4, -0.2) is 37.7 Å². The fraction of sp³-hybridized carbons (Fsp3) is 0.0833. The van der Waals surface area contributed by atoms with Gasteiger partial charge in [0.25, 0.3) is 10.0 Å². The van der Waals surface area contributed by atoms with Gasteiger partial charge in [0.05, 0.1) is 16.8 Å². The molecule has 0 aliphatic carbocycles.